The molecule has 0 aromatic carbocycles. The lowest BCUT2D eigenvalue weighted by Crippen LogP contribution is -2.30. The highest BCUT2D eigenvalue weighted by molar-refractivity contribution is 5.87. The second-order valence-electron chi connectivity index (χ2n) is 7.85. The van der Waals surface area contributed by atoms with Gasteiger partial charge in [0.15, 0.2) is 5.65 Å². The van der Waals surface area contributed by atoms with E-state index in [0.717, 1.165) is 24.1 Å². The molecule has 1 aliphatic heterocycles. The van der Waals surface area contributed by atoms with Gasteiger partial charge in [0.25, 0.3) is 0 Å². The number of rotatable bonds is 2. The third-order valence-electron chi connectivity index (χ3n) is 4.47. The largest absolute Gasteiger partial charge is 0.443 e. The minimum Gasteiger partial charge on any atom is -0.443 e. The Bertz CT molecular complexity index is 918. The zero-order valence-electron chi connectivity index (χ0n) is 15.2. The molecule has 1 fully saturated rings. The molecule has 136 valence electrons. The van der Waals surface area contributed by atoms with Crippen LogP contribution in [0, 0.1) is 5.92 Å². The molecule has 1 saturated carbocycles. The summed E-state index contributed by atoms with van der Waals surface area (Å²) in [6.45, 7) is 6.66. The first-order chi connectivity index (χ1) is 12.3. The maximum absolute atomic E-state index is 12.3. The highest BCUT2D eigenvalue weighted by Gasteiger charge is 2.35. The normalized spacial score (nSPS) is 17.5. The van der Waals surface area contributed by atoms with Crippen LogP contribution in [0.3, 0.4) is 0 Å². The van der Waals surface area contributed by atoms with Crippen LogP contribution in [-0.4, -0.2) is 50.1 Å². The molecule has 4 rings (SSSR count). The number of nitrogens with zero attached hydrogens (tertiary/aromatic N) is 4. The second-order valence-corrected chi connectivity index (χ2v) is 7.85. The van der Waals surface area contributed by atoms with Crippen LogP contribution in [0.15, 0.2) is 24.5 Å². The molecule has 1 amide bonds. The van der Waals surface area contributed by atoms with Gasteiger partial charge in [-0.15, -0.1) is 0 Å². The number of ether oxygens (including phenoxy) is 1. The van der Waals surface area contributed by atoms with E-state index >= 15 is 0 Å². The quantitative estimate of drug-likeness (QED) is 0.829. The minimum absolute atomic E-state index is 0.221. The smallest absolute Gasteiger partial charge is 0.420 e. The van der Waals surface area contributed by atoms with Crippen molar-refractivity contribution >= 4 is 28.7 Å². The molecular formula is C19H22N4O3. The van der Waals surface area contributed by atoms with Crippen LogP contribution in [0.25, 0.3) is 16.7 Å². The van der Waals surface area contributed by atoms with E-state index in [0.29, 0.717) is 24.3 Å². The summed E-state index contributed by atoms with van der Waals surface area (Å²) in [5, 5.41) is 0. The van der Waals surface area contributed by atoms with E-state index in [-0.39, 0.29) is 11.8 Å². The van der Waals surface area contributed by atoms with Gasteiger partial charge in [0.1, 0.15) is 11.1 Å². The predicted octanol–water partition coefficient (Wildman–Crippen LogP) is 2.85. The number of amides is 1. The van der Waals surface area contributed by atoms with Gasteiger partial charge in [0, 0.05) is 25.2 Å². The Morgan fingerprint density at radius 1 is 1.27 bits per heavy atom. The molecule has 0 radical (unpaired) electrons. The van der Waals surface area contributed by atoms with Gasteiger partial charge in [-0.05, 0) is 45.3 Å². The van der Waals surface area contributed by atoms with E-state index in [2.05, 4.69) is 9.97 Å². The average Bonchev–Trinajstić information content (AvgIpc) is 3.15. The molecule has 7 nitrogen and oxygen atoms in total. The lowest BCUT2D eigenvalue weighted by Gasteiger charge is -2.19. The van der Waals surface area contributed by atoms with Gasteiger partial charge in [0.05, 0.1) is 11.9 Å². The maximum Gasteiger partial charge on any atom is 0.420 e. The zero-order chi connectivity index (χ0) is 18.5. The van der Waals surface area contributed by atoms with Crippen molar-refractivity contribution in [2.75, 3.05) is 13.1 Å². The summed E-state index contributed by atoms with van der Waals surface area (Å²) < 4.78 is 6.75. The van der Waals surface area contributed by atoms with Crippen LogP contribution in [0.2, 0.25) is 0 Å². The monoisotopic (exact) mass is 354 g/mol. The Morgan fingerprint density at radius 3 is 2.73 bits per heavy atom. The molecule has 0 bridgehead atoms. The van der Waals surface area contributed by atoms with Gasteiger partial charge in [-0.25, -0.2) is 19.3 Å². The Labute approximate surface area is 151 Å². The molecule has 0 saturated heterocycles. The molecule has 7 heteroatoms. The molecule has 0 N–H and O–H groups in total. The zero-order valence-corrected chi connectivity index (χ0v) is 15.2. The van der Waals surface area contributed by atoms with Crippen molar-refractivity contribution in [1.29, 1.82) is 0 Å². The second kappa shape index (κ2) is 5.93. The summed E-state index contributed by atoms with van der Waals surface area (Å²) in [4.78, 5) is 35.4. The van der Waals surface area contributed by atoms with Gasteiger partial charge in [0.2, 0.25) is 5.91 Å². The van der Waals surface area contributed by atoms with Crippen molar-refractivity contribution in [2.24, 2.45) is 5.92 Å². The summed E-state index contributed by atoms with van der Waals surface area (Å²) >= 11 is 0. The Balaban J connectivity index is 1.54. The molecular weight excluding hydrogens is 332 g/mol. The summed E-state index contributed by atoms with van der Waals surface area (Å²) in [5.74, 6) is 0.459. The van der Waals surface area contributed by atoms with Gasteiger partial charge < -0.3 is 9.64 Å². The fourth-order valence-electron chi connectivity index (χ4n) is 3.02. The van der Waals surface area contributed by atoms with Crippen molar-refractivity contribution in [2.45, 2.75) is 39.2 Å². The Morgan fingerprint density at radius 2 is 2.04 bits per heavy atom. The topological polar surface area (TPSA) is 77.3 Å². The van der Waals surface area contributed by atoms with Crippen LogP contribution in [-0.2, 0) is 9.53 Å². The number of fused-ring (bicyclic) bond motifs is 1. The summed E-state index contributed by atoms with van der Waals surface area (Å²) in [7, 11) is 0. The van der Waals surface area contributed by atoms with Crippen molar-refractivity contribution in [3.05, 3.63) is 30.2 Å². The van der Waals surface area contributed by atoms with Gasteiger partial charge in [-0.2, -0.15) is 0 Å². The number of carbonyl (C=O) groups is 2. The highest BCUT2D eigenvalue weighted by Crippen LogP contribution is 2.33. The van der Waals surface area contributed by atoms with Gasteiger partial charge in [-0.3, -0.25) is 4.79 Å². The standard InChI is InChI=1S/C19H22N4O3/c1-19(2,3)26-18(25)23-9-7-14-16(23)20-10-15(21-14)13-6-8-22(11-13)17(24)12-4-5-12/h6-7,9-10,12H,4-5,8,11H2,1-3H3. The van der Waals surface area contributed by atoms with E-state index in [1.165, 1.54) is 4.57 Å². The molecule has 2 aliphatic rings. The molecule has 2 aromatic rings. The maximum atomic E-state index is 12.3. The van der Waals surface area contributed by atoms with Crippen LogP contribution in [0.5, 0.6) is 0 Å². The molecule has 3 heterocycles. The number of hydrogen-bond acceptors (Lipinski definition) is 5. The first-order valence-corrected chi connectivity index (χ1v) is 8.87. The molecule has 2 aromatic heterocycles. The lowest BCUT2D eigenvalue weighted by molar-refractivity contribution is -0.131. The fourth-order valence-corrected chi connectivity index (χ4v) is 3.02. The minimum atomic E-state index is -0.576. The average molecular weight is 354 g/mol. The molecule has 0 spiro atoms. The lowest BCUT2D eigenvalue weighted by atomic mass is 10.2. The van der Waals surface area contributed by atoms with Gasteiger partial charge >= 0.3 is 6.09 Å². The molecule has 0 atom stereocenters. The highest BCUT2D eigenvalue weighted by atomic mass is 16.6. The number of aromatic nitrogens is 3. The van der Waals surface area contributed by atoms with Crippen LogP contribution < -0.4 is 0 Å². The number of carbonyl (C=O) groups excluding carboxylic acids is 2. The predicted molar refractivity (Wildman–Crippen MR) is 96.4 cm³/mol. The van der Waals surface area contributed by atoms with E-state index in [1.54, 1.807) is 18.5 Å². The molecule has 0 unspecified atom stereocenters. The van der Waals surface area contributed by atoms with E-state index < -0.39 is 11.7 Å². The SMILES string of the molecule is CC(C)(C)OC(=O)n1ccc2nc(C3=CCN(C(=O)C4CC4)C3)cnc21. The first-order valence-electron chi connectivity index (χ1n) is 8.87. The summed E-state index contributed by atoms with van der Waals surface area (Å²) in [6.07, 6.45) is 6.84. The van der Waals surface area contributed by atoms with Crippen molar-refractivity contribution in [3.8, 4) is 0 Å². The first kappa shape index (κ1) is 16.8. The third-order valence-corrected chi connectivity index (χ3v) is 4.47. The third kappa shape index (κ3) is 3.21. The molecule has 1 aliphatic carbocycles. The summed E-state index contributed by atoms with van der Waals surface area (Å²) in [5.41, 5.74) is 2.26. The fraction of sp³-hybridized carbons (Fsp3) is 0.474. The van der Waals surface area contributed by atoms with Crippen molar-refractivity contribution < 1.29 is 14.3 Å². The van der Waals surface area contributed by atoms with Crippen molar-refractivity contribution in [3.63, 3.8) is 0 Å². The summed E-state index contributed by atoms with van der Waals surface area (Å²) in [6, 6.07) is 1.75. The Kier molecular flexibility index (Phi) is 3.82. The van der Waals surface area contributed by atoms with Crippen LogP contribution in [0.4, 0.5) is 4.79 Å². The van der Waals surface area contributed by atoms with E-state index in [4.69, 9.17) is 4.74 Å². The Hall–Kier alpha value is -2.70. The van der Waals surface area contributed by atoms with Gasteiger partial charge in [-0.1, -0.05) is 6.08 Å². The van der Waals surface area contributed by atoms with E-state index in [1.807, 2.05) is 31.7 Å². The number of hydrogen-bond donors (Lipinski definition) is 0. The van der Waals surface area contributed by atoms with Crippen LogP contribution >= 0.6 is 0 Å². The van der Waals surface area contributed by atoms with Crippen LogP contribution in [0.1, 0.15) is 39.3 Å². The molecule has 26 heavy (non-hydrogen) atoms. The van der Waals surface area contributed by atoms with Crippen molar-refractivity contribution in [1.82, 2.24) is 19.4 Å². The van der Waals surface area contributed by atoms with E-state index in [9.17, 15) is 9.59 Å².